The summed E-state index contributed by atoms with van der Waals surface area (Å²) in [6.45, 7) is 0. The van der Waals surface area contributed by atoms with Gasteiger partial charge in [-0.2, -0.15) is 0 Å². The molecule has 1 amide bonds. The molecule has 0 aliphatic rings. The molecule has 4 aromatic rings. The van der Waals surface area contributed by atoms with Crippen molar-refractivity contribution in [2.75, 3.05) is 12.8 Å². The molecule has 0 saturated heterocycles. The Bertz CT molecular complexity index is 1250. The maximum atomic E-state index is 11.9. The molecule has 144 valence electrons. The minimum atomic E-state index is -0.355. The van der Waals surface area contributed by atoms with Gasteiger partial charge < -0.3 is 20.5 Å². The fraction of sp³-hybridized carbons (Fsp3) is 0.0526. The average Bonchev–Trinajstić information content (AvgIpc) is 3.24. The molecule has 10 heteroatoms. The van der Waals surface area contributed by atoms with Gasteiger partial charge in [-0.1, -0.05) is 12.1 Å². The number of nitrogens with two attached hydrogens (primary N) is 1. The number of benzene rings is 1. The molecule has 0 fully saturated rings. The monoisotopic (exact) mass is 389 g/mol. The second kappa shape index (κ2) is 7.35. The van der Waals surface area contributed by atoms with Gasteiger partial charge in [0.25, 0.3) is 23.2 Å². The quantitative estimate of drug-likeness (QED) is 0.474. The van der Waals surface area contributed by atoms with Crippen LogP contribution >= 0.6 is 0 Å². The number of pyridine rings is 1. The highest BCUT2D eigenvalue weighted by Crippen LogP contribution is 2.27. The number of carbonyl (C=O) groups excluding carboxylic acids is 1. The zero-order valence-electron chi connectivity index (χ0n) is 15.2. The van der Waals surface area contributed by atoms with Crippen molar-refractivity contribution in [1.29, 1.82) is 0 Å². The summed E-state index contributed by atoms with van der Waals surface area (Å²) in [6, 6.07) is 10.1. The van der Waals surface area contributed by atoms with E-state index in [-0.39, 0.29) is 40.3 Å². The second-order valence-electron chi connectivity index (χ2n) is 5.97. The maximum absolute atomic E-state index is 11.9. The second-order valence-corrected chi connectivity index (χ2v) is 5.97. The van der Waals surface area contributed by atoms with E-state index in [2.05, 4.69) is 30.5 Å². The van der Waals surface area contributed by atoms with Gasteiger partial charge in [-0.25, -0.2) is 9.97 Å². The molecule has 0 aliphatic heterocycles. The summed E-state index contributed by atoms with van der Waals surface area (Å²) in [4.78, 5) is 34.7. The van der Waals surface area contributed by atoms with E-state index in [0.29, 0.717) is 11.3 Å². The molecule has 4 rings (SSSR count). The lowest BCUT2D eigenvalue weighted by atomic mass is 10.1. The number of nitrogen functional groups attached to an aromatic ring is 1. The van der Waals surface area contributed by atoms with Crippen LogP contribution < -0.4 is 16.6 Å². The van der Waals surface area contributed by atoms with Crippen molar-refractivity contribution in [2.24, 2.45) is 0 Å². The first-order valence-corrected chi connectivity index (χ1v) is 8.54. The number of H-pyrrole nitrogens is 1. The number of nitrogens with one attached hydrogen (secondary N) is 2. The molecule has 0 saturated carbocycles. The fourth-order valence-electron chi connectivity index (χ4n) is 2.65. The normalized spacial score (nSPS) is 10.7. The van der Waals surface area contributed by atoms with Crippen LogP contribution in [0.25, 0.3) is 34.3 Å². The lowest BCUT2D eigenvalue weighted by molar-refractivity contribution is 0.0963. The van der Waals surface area contributed by atoms with Gasteiger partial charge in [0.2, 0.25) is 0 Å². The predicted octanol–water partition coefficient (Wildman–Crippen LogP) is 1.49. The van der Waals surface area contributed by atoms with Crippen molar-refractivity contribution in [2.45, 2.75) is 0 Å². The van der Waals surface area contributed by atoms with Gasteiger partial charge in [0.15, 0.2) is 11.5 Å². The van der Waals surface area contributed by atoms with Crippen molar-refractivity contribution >= 4 is 11.7 Å². The van der Waals surface area contributed by atoms with E-state index in [1.165, 1.54) is 12.4 Å². The van der Waals surface area contributed by atoms with Crippen LogP contribution in [0.2, 0.25) is 0 Å². The lowest BCUT2D eigenvalue weighted by Crippen LogP contribution is -2.17. The standard InChI is InChI=1S/C19H15N7O3/c1-21-16(27)11-6-4-10(5-7-11)13-9-23-15(20)14(24-13)19-26-25-18(29-19)12-3-2-8-22-17(12)28/h2-9H,1H3,(H2,20,23)(H,21,27)(H,22,28). The molecule has 0 spiro atoms. The zero-order chi connectivity index (χ0) is 20.4. The third-order valence-electron chi connectivity index (χ3n) is 4.15. The number of amides is 1. The number of aromatic amines is 1. The summed E-state index contributed by atoms with van der Waals surface area (Å²) in [7, 11) is 1.57. The van der Waals surface area contributed by atoms with Crippen LogP contribution in [0.4, 0.5) is 5.82 Å². The van der Waals surface area contributed by atoms with Gasteiger partial charge in [-0.3, -0.25) is 9.59 Å². The van der Waals surface area contributed by atoms with Crippen LogP contribution in [0.15, 0.2) is 58.0 Å². The van der Waals surface area contributed by atoms with Gasteiger partial charge in [-0.15, -0.1) is 10.2 Å². The molecular formula is C19H15N7O3. The van der Waals surface area contributed by atoms with E-state index in [4.69, 9.17) is 10.2 Å². The van der Waals surface area contributed by atoms with E-state index < -0.39 is 0 Å². The SMILES string of the molecule is CNC(=O)c1ccc(-c2cnc(N)c(-c3nnc(-c4ccc[nH]c4=O)o3)n2)cc1. The van der Waals surface area contributed by atoms with Crippen molar-refractivity contribution in [1.82, 2.24) is 30.5 Å². The third kappa shape index (κ3) is 3.46. The first-order chi connectivity index (χ1) is 14.1. The van der Waals surface area contributed by atoms with Crippen molar-refractivity contribution in [3.8, 4) is 34.3 Å². The number of aromatic nitrogens is 5. The first-order valence-electron chi connectivity index (χ1n) is 8.54. The highest BCUT2D eigenvalue weighted by molar-refractivity contribution is 5.94. The Morgan fingerprint density at radius 1 is 1.14 bits per heavy atom. The Morgan fingerprint density at radius 3 is 2.62 bits per heavy atom. The van der Waals surface area contributed by atoms with Crippen molar-refractivity contribution in [3.63, 3.8) is 0 Å². The molecule has 0 unspecified atom stereocenters. The van der Waals surface area contributed by atoms with Gasteiger partial charge in [0.05, 0.1) is 11.9 Å². The Balaban J connectivity index is 1.70. The van der Waals surface area contributed by atoms with E-state index in [0.717, 1.165) is 5.56 Å². The number of anilines is 1. The molecule has 0 bridgehead atoms. The minimum Gasteiger partial charge on any atom is -0.414 e. The number of carbonyl (C=O) groups is 1. The number of nitrogens with zero attached hydrogens (tertiary/aromatic N) is 4. The summed E-state index contributed by atoms with van der Waals surface area (Å²) in [5.41, 5.74) is 7.77. The molecule has 3 aromatic heterocycles. The highest BCUT2D eigenvalue weighted by atomic mass is 16.4. The van der Waals surface area contributed by atoms with Crippen LogP contribution in [0.3, 0.4) is 0 Å². The fourth-order valence-corrected chi connectivity index (χ4v) is 2.65. The topological polar surface area (TPSA) is 153 Å². The minimum absolute atomic E-state index is 0.0390. The average molecular weight is 389 g/mol. The Kier molecular flexibility index (Phi) is 4.57. The number of hydrogen-bond donors (Lipinski definition) is 3. The van der Waals surface area contributed by atoms with E-state index in [9.17, 15) is 9.59 Å². The lowest BCUT2D eigenvalue weighted by Gasteiger charge is -2.05. The van der Waals surface area contributed by atoms with Crippen LogP contribution in [-0.4, -0.2) is 38.1 Å². The van der Waals surface area contributed by atoms with Crippen LogP contribution in [0, 0.1) is 0 Å². The summed E-state index contributed by atoms with van der Waals surface area (Å²) in [5.74, 6) is 0.00304. The Hall–Kier alpha value is -4.34. The van der Waals surface area contributed by atoms with Gasteiger partial charge in [0, 0.05) is 24.4 Å². The Labute approximate surface area is 163 Å². The highest BCUT2D eigenvalue weighted by Gasteiger charge is 2.18. The van der Waals surface area contributed by atoms with Gasteiger partial charge in [0.1, 0.15) is 5.56 Å². The van der Waals surface area contributed by atoms with E-state index in [1.54, 1.807) is 43.4 Å². The van der Waals surface area contributed by atoms with Crippen LogP contribution in [-0.2, 0) is 0 Å². The summed E-state index contributed by atoms with van der Waals surface area (Å²) in [6.07, 6.45) is 3.01. The molecule has 0 radical (unpaired) electrons. The molecular weight excluding hydrogens is 374 g/mol. The molecule has 1 aromatic carbocycles. The molecule has 3 heterocycles. The van der Waals surface area contributed by atoms with E-state index >= 15 is 0 Å². The summed E-state index contributed by atoms with van der Waals surface area (Å²) in [5, 5.41) is 10.4. The third-order valence-corrected chi connectivity index (χ3v) is 4.15. The van der Waals surface area contributed by atoms with Gasteiger partial charge >= 0.3 is 0 Å². The van der Waals surface area contributed by atoms with Crippen LogP contribution in [0.1, 0.15) is 10.4 Å². The van der Waals surface area contributed by atoms with Crippen molar-refractivity contribution in [3.05, 3.63) is 64.7 Å². The van der Waals surface area contributed by atoms with Gasteiger partial charge in [-0.05, 0) is 24.3 Å². The molecule has 4 N–H and O–H groups in total. The van der Waals surface area contributed by atoms with Crippen molar-refractivity contribution < 1.29 is 9.21 Å². The summed E-state index contributed by atoms with van der Waals surface area (Å²) < 4.78 is 5.60. The molecule has 0 aliphatic carbocycles. The number of hydrogen-bond acceptors (Lipinski definition) is 8. The zero-order valence-corrected chi connectivity index (χ0v) is 15.2. The molecule has 10 nitrogen and oxygen atoms in total. The smallest absolute Gasteiger partial charge is 0.270 e. The molecule has 29 heavy (non-hydrogen) atoms. The Morgan fingerprint density at radius 2 is 1.90 bits per heavy atom. The first kappa shape index (κ1) is 18.0. The maximum Gasteiger partial charge on any atom is 0.270 e. The predicted molar refractivity (Wildman–Crippen MR) is 105 cm³/mol. The van der Waals surface area contributed by atoms with Crippen LogP contribution in [0.5, 0.6) is 0 Å². The summed E-state index contributed by atoms with van der Waals surface area (Å²) >= 11 is 0. The molecule has 0 atom stereocenters. The van der Waals surface area contributed by atoms with E-state index in [1.807, 2.05) is 0 Å². The number of rotatable bonds is 4. The largest absolute Gasteiger partial charge is 0.414 e.